The van der Waals surface area contributed by atoms with Gasteiger partial charge in [0.15, 0.2) is 0 Å². The molecule has 1 unspecified atom stereocenters. The normalized spacial score (nSPS) is 19.0. The Bertz CT molecular complexity index is 536. The van der Waals surface area contributed by atoms with E-state index < -0.39 is 0 Å². The highest BCUT2D eigenvalue weighted by Crippen LogP contribution is 2.28. The first kappa shape index (κ1) is 16.9. The lowest BCUT2D eigenvalue weighted by molar-refractivity contribution is 0.0935. The van der Waals surface area contributed by atoms with Crippen molar-refractivity contribution in [3.05, 3.63) is 22.7 Å². The summed E-state index contributed by atoms with van der Waals surface area (Å²) in [5.74, 6) is 0.245. The number of hydrogen-bond donors (Lipinski definition) is 2. The molecule has 22 heavy (non-hydrogen) atoms. The fourth-order valence-corrected chi connectivity index (χ4v) is 2.98. The summed E-state index contributed by atoms with van der Waals surface area (Å²) in [5, 5.41) is 3.29. The van der Waals surface area contributed by atoms with Crippen LogP contribution in [0.25, 0.3) is 0 Å². The molecule has 1 saturated heterocycles. The summed E-state index contributed by atoms with van der Waals surface area (Å²) in [4.78, 5) is 14.7. The molecule has 6 heteroatoms. The molecule has 0 bridgehead atoms. The minimum Gasteiger partial charge on any atom is -0.496 e. The van der Waals surface area contributed by atoms with Gasteiger partial charge < -0.3 is 15.8 Å². The van der Waals surface area contributed by atoms with Gasteiger partial charge in [0.05, 0.1) is 23.4 Å². The molecule has 1 aromatic rings. The summed E-state index contributed by atoms with van der Waals surface area (Å²) in [6.45, 7) is 4.81. The number of nitrogens with one attached hydrogen (secondary N) is 1. The van der Waals surface area contributed by atoms with Crippen molar-refractivity contribution in [1.29, 1.82) is 0 Å². The van der Waals surface area contributed by atoms with Crippen molar-refractivity contribution in [2.24, 2.45) is 0 Å². The van der Waals surface area contributed by atoms with Crippen LogP contribution in [-0.4, -0.2) is 43.6 Å². The molecule has 1 amide bonds. The number of amides is 1. The first-order chi connectivity index (χ1) is 10.5. The molecular weight excluding hydrogens is 302 g/mol. The first-order valence-electron chi connectivity index (χ1n) is 7.68. The molecule has 1 fully saturated rings. The topological polar surface area (TPSA) is 67.6 Å². The molecular formula is C16H24ClN3O2. The van der Waals surface area contributed by atoms with Crippen LogP contribution in [0.15, 0.2) is 12.1 Å². The predicted octanol–water partition coefficient (Wildman–Crippen LogP) is 2.54. The highest BCUT2D eigenvalue weighted by atomic mass is 35.5. The minimum absolute atomic E-state index is 0.191. The van der Waals surface area contributed by atoms with Crippen LogP contribution in [0.3, 0.4) is 0 Å². The van der Waals surface area contributed by atoms with E-state index in [0.29, 0.717) is 34.6 Å². The number of hydrogen-bond acceptors (Lipinski definition) is 4. The van der Waals surface area contributed by atoms with Crippen LogP contribution < -0.4 is 15.8 Å². The molecule has 2 rings (SSSR count). The number of methoxy groups -OCH3 is 1. The maximum atomic E-state index is 12.3. The van der Waals surface area contributed by atoms with Gasteiger partial charge in [-0.3, -0.25) is 9.69 Å². The van der Waals surface area contributed by atoms with Crippen molar-refractivity contribution in [3.8, 4) is 5.75 Å². The minimum atomic E-state index is -0.191. The van der Waals surface area contributed by atoms with E-state index in [1.165, 1.54) is 26.4 Å². The number of nitrogens with two attached hydrogens (primary N) is 1. The molecule has 0 aromatic heterocycles. The summed E-state index contributed by atoms with van der Waals surface area (Å²) in [7, 11) is 1.51. The number of ether oxygens (including phenoxy) is 1. The smallest absolute Gasteiger partial charge is 0.255 e. The molecule has 0 spiro atoms. The van der Waals surface area contributed by atoms with E-state index in [4.69, 9.17) is 22.1 Å². The Morgan fingerprint density at radius 3 is 2.95 bits per heavy atom. The van der Waals surface area contributed by atoms with E-state index >= 15 is 0 Å². The second-order valence-electron chi connectivity index (χ2n) is 5.71. The number of anilines is 1. The number of carbonyl (C=O) groups is 1. The number of carbonyl (C=O) groups excluding carboxylic acids is 1. The van der Waals surface area contributed by atoms with E-state index in [9.17, 15) is 4.79 Å². The number of piperidine rings is 1. The highest BCUT2D eigenvalue weighted by Gasteiger charge is 2.19. The van der Waals surface area contributed by atoms with E-state index in [0.717, 1.165) is 13.1 Å². The maximum absolute atomic E-state index is 12.3. The third-order valence-corrected chi connectivity index (χ3v) is 4.52. The van der Waals surface area contributed by atoms with Crippen molar-refractivity contribution in [2.75, 3.05) is 32.5 Å². The zero-order valence-corrected chi connectivity index (χ0v) is 13.9. The van der Waals surface area contributed by atoms with Gasteiger partial charge >= 0.3 is 0 Å². The molecule has 3 N–H and O–H groups in total. The van der Waals surface area contributed by atoms with E-state index in [-0.39, 0.29) is 5.91 Å². The Morgan fingerprint density at radius 1 is 1.50 bits per heavy atom. The third kappa shape index (κ3) is 4.05. The second-order valence-corrected chi connectivity index (χ2v) is 6.12. The van der Waals surface area contributed by atoms with E-state index in [1.807, 2.05) is 0 Å². The predicted molar refractivity (Wildman–Crippen MR) is 89.6 cm³/mol. The molecule has 0 saturated carbocycles. The van der Waals surface area contributed by atoms with Crippen LogP contribution in [0.1, 0.15) is 36.5 Å². The van der Waals surface area contributed by atoms with Crippen molar-refractivity contribution < 1.29 is 9.53 Å². The molecule has 5 nitrogen and oxygen atoms in total. The van der Waals surface area contributed by atoms with Gasteiger partial charge in [-0.05, 0) is 32.4 Å². The average Bonchev–Trinajstić information content (AvgIpc) is 2.51. The SMILES string of the molecule is COc1cc(N)c(Cl)cc1C(=O)NCCN1CCCCC1C. The molecule has 1 aliphatic heterocycles. The fourth-order valence-electron chi connectivity index (χ4n) is 2.81. The number of benzene rings is 1. The van der Waals surface area contributed by atoms with Crippen LogP contribution in [0.4, 0.5) is 5.69 Å². The molecule has 0 aliphatic carbocycles. The van der Waals surface area contributed by atoms with Crippen LogP contribution in [0, 0.1) is 0 Å². The van der Waals surface area contributed by atoms with E-state index in [2.05, 4.69) is 17.1 Å². The number of likely N-dealkylation sites (tertiary alicyclic amines) is 1. The summed E-state index contributed by atoms with van der Waals surface area (Å²) < 4.78 is 5.21. The molecule has 1 atom stereocenters. The zero-order chi connectivity index (χ0) is 16.1. The summed E-state index contributed by atoms with van der Waals surface area (Å²) in [6.07, 6.45) is 3.76. The van der Waals surface area contributed by atoms with Crippen LogP contribution in [0.5, 0.6) is 5.75 Å². The van der Waals surface area contributed by atoms with Crippen LogP contribution in [-0.2, 0) is 0 Å². The van der Waals surface area contributed by atoms with Crippen LogP contribution in [0.2, 0.25) is 5.02 Å². The Labute approximate surface area is 136 Å². The molecule has 1 aromatic carbocycles. The van der Waals surface area contributed by atoms with Crippen molar-refractivity contribution in [1.82, 2.24) is 10.2 Å². The van der Waals surface area contributed by atoms with E-state index in [1.54, 1.807) is 12.1 Å². The lowest BCUT2D eigenvalue weighted by Gasteiger charge is -2.33. The van der Waals surface area contributed by atoms with Gasteiger partial charge in [0.1, 0.15) is 5.75 Å². The third-order valence-electron chi connectivity index (χ3n) is 4.19. The quantitative estimate of drug-likeness (QED) is 0.816. The van der Waals surface area contributed by atoms with Gasteiger partial charge in [-0.15, -0.1) is 0 Å². The van der Waals surface area contributed by atoms with Crippen LogP contribution >= 0.6 is 11.6 Å². The Hall–Kier alpha value is -1.46. The van der Waals surface area contributed by atoms with Gasteiger partial charge in [-0.25, -0.2) is 0 Å². The standard InChI is InChI=1S/C16H24ClN3O2/c1-11-5-3-4-7-20(11)8-6-19-16(21)12-9-13(17)14(18)10-15(12)22-2/h9-11H,3-8,18H2,1-2H3,(H,19,21). The van der Waals surface area contributed by atoms with Crippen molar-refractivity contribution in [2.45, 2.75) is 32.2 Å². The Kier molecular flexibility index (Phi) is 5.91. The van der Waals surface area contributed by atoms with Crippen molar-refractivity contribution >= 4 is 23.2 Å². The molecule has 1 heterocycles. The monoisotopic (exact) mass is 325 g/mol. The molecule has 122 valence electrons. The average molecular weight is 326 g/mol. The van der Waals surface area contributed by atoms with Gasteiger partial charge in [-0.2, -0.15) is 0 Å². The number of rotatable bonds is 5. The summed E-state index contributed by atoms with van der Waals surface area (Å²) >= 11 is 5.99. The Balaban J connectivity index is 1.93. The lowest BCUT2D eigenvalue weighted by Crippen LogP contribution is -2.42. The number of halogens is 1. The van der Waals surface area contributed by atoms with Gasteiger partial charge in [0.2, 0.25) is 0 Å². The summed E-state index contributed by atoms with van der Waals surface area (Å²) in [6, 6.07) is 3.71. The fraction of sp³-hybridized carbons (Fsp3) is 0.562. The Morgan fingerprint density at radius 2 is 2.27 bits per heavy atom. The lowest BCUT2D eigenvalue weighted by atomic mass is 10.0. The molecule has 1 aliphatic rings. The number of nitrogen functional groups attached to an aromatic ring is 1. The second kappa shape index (κ2) is 7.70. The van der Waals surface area contributed by atoms with Gasteiger partial charge in [0, 0.05) is 25.2 Å². The zero-order valence-electron chi connectivity index (χ0n) is 13.2. The first-order valence-corrected chi connectivity index (χ1v) is 8.06. The number of nitrogens with zero attached hydrogens (tertiary/aromatic N) is 1. The highest BCUT2D eigenvalue weighted by molar-refractivity contribution is 6.33. The van der Waals surface area contributed by atoms with Gasteiger partial charge in [-0.1, -0.05) is 18.0 Å². The van der Waals surface area contributed by atoms with Gasteiger partial charge in [0.25, 0.3) is 5.91 Å². The van der Waals surface area contributed by atoms with Crippen molar-refractivity contribution in [3.63, 3.8) is 0 Å². The largest absolute Gasteiger partial charge is 0.496 e. The maximum Gasteiger partial charge on any atom is 0.255 e. The summed E-state index contributed by atoms with van der Waals surface area (Å²) in [5.41, 5.74) is 6.54. The molecule has 0 radical (unpaired) electrons.